The summed E-state index contributed by atoms with van der Waals surface area (Å²) in [5.41, 5.74) is 3.70. The number of furan rings is 1. The molecule has 0 atom stereocenters. The Balaban J connectivity index is 2.25. The molecule has 3 rings (SSSR count). The fourth-order valence-electron chi connectivity index (χ4n) is 2.24. The van der Waals surface area contributed by atoms with Crippen molar-refractivity contribution in [3.63, 3.8) is 0 Å². The minimum absolute atomic E-state index is 0.490. The standard InChI is InChI=1S/C15H13ClN2O/c1-3-11-13(17-8-18-15(11)16)12-7-10-6-4-5-9(2)14(10)19-12/h4-8H,3H2,1-2H3. The summed E-state index contributed by atoms with van der Waals surface area (Å²) in [5, 5.41) is 1.57. The summed E-state index contributed by atoms with van der Waals surface area (Å²) in [5.74, 6) is 0.741. The van der Waals surface area contributed by atoms with E-state index in [-0.39, 0.29) is 0 Å². The van der Waals surface area contributed by atoms with E-state index in [0.29, 0.717) is 5.15 Å². The zero-order valence-corrected chi connectivity index (χ0v) is 11.5. The third kappa shape index (κ3) is 2.00. The van der Waals surface area contributed by atoms with Crippen molar-refractivity contribution >= 4 is 22.6 Å². The molecule has 3 aromatic rings. The summed E-state index contributed by atoms with van der Waals surface area (Å²) < 4.78 is 5.93. The third-order valence-corrected chi connectivity index (χ3v) is 3.55. The van der Waals surface area contributed by atoms with Crippen molar-refractivity contribution in [3.05, 3.63) is 46.9 Å². The van der Waals surface area contributed by atoms with Gasteiger partial charge in [-0.15, -0.1) is 0 Å². The highest BCUT2D eigenvalue weighted by molar-refractivity contribution is 6.30. The molecule has 1 aromatic carbocycles. The fraction of sp³-hybridized carbons (Fsp3) is 0.200. The maximum absolute atomic E-state index is 6.12. The molecule has 0 aliphatic rings. The molecule has 96 valence electrons. The smallest absolute Gasteiger partial charge is 0.154 e. The van der Waals surface area contributed by atoms with Crippen molar-refractivity contribution in [1.29, 1.82) is 0 Å². The van der Waals surface area contributed by atoms with Gasteiger partial charge in [0, 0.05) is 10.9 Å². The highest BCUT2D eigenvalue weighted by atomic mass is 35.5. The highest BCUT2D eigenvalue weighted by Gasteiger charge is 2.15. The molecule has 0 aliphatic heterocycles. The molecule has 2 heterocycles. The van der Waals surface area contributed by atoms with Gasteiger partial charge in [-0.25, -0.2) is 9.97 Å². The Morgan fingerprint density at radius 2 is 2.11 bits per heavy atom. The maximum atomic E-state index is 6.12. The van der Waals surface area contributed by atoms with Crippen molar-refractivity contribution in [2.24, 2.45) is 0 Å². The average molecular weight is 273 g/mol. The number of benzene rings is 1. The van der Waals surface area contributed by atoms with Gasteiger partial charge in [-0.1, -0.05) is 36.7 Å². The van der Waals surface area contributed by atoms with Crippen LogP contribution in [0, 0.1) is 6.92 Å². The molecule has 0 spiro atoms. The summed E-state index contributed by atoms with van der Waals surface area (Å²) in [7, 11) is 0. The maximum Gasteiger partial charge on any atom is 0.154 e. The molecular formula is C15H13ClN2O. The van der Waals surface area contributed by atoms with E-state index in [1.807, 2.05) is 38.1 Å². The number of hydrogen-bond acceptors (Lipinski definition) is 3. The van der Waals surface area contributed by atoms with Gasteiger partial charge in [-0.05, 0) is 25.0 Å². The molecule has 0 aliphatic carbocycles. The Labute approximate surface area is 116 Å². The molecule has 4 heteroatoms. The minimum Gasteiger partial charge on any atom is -0.454 e. The van der Waals surface area contributed by atoms with Gasteiger partial charge in [0.2, 0.25) is 0 Å². The molecule has 0 bridgehead atoms. The zero-order valence-electron chi connectivity index (χ0n) is 10.8. The Bertz CT molecular complexity index is 749. The van der Waals surface area contributed by atoms with Gasteiger partial charge in [0.1, 0.15) is 22.8 Å². The molecule has 3 nitrogen and oxygen atoms in total. The molecule has 0 saturated heterocycles. The second-order valence-electron chi connectivity index (χ2n) is 4.45. The van der Waals surface area contributed by atoms with Crippen LogP contribution in [0.15, 0.2) is 35.0 Å². The average Bonchev–Trinajstić information content (AvgIpc) is 2.84. The molecule has 0 saturated carbocycles. The van der Waals surface area contributed by atoms with Crippen molar-refractivity contribution in [1.82, 2.24) is 9.97 Å². The monoisotopic (exact) mass is 272 g/mol. The van der Waals surface area contributed by atoms with Crippen LogP contribution in [0.3, 0.4) is 0 Å². The molecule has 0 fully saturated rings. The van der Waals surface area contributed by atoms with Crippen molar-refractivity contribution in [2.45, 2.75) is 20.3 Å². The van der Waals surface area contributed by atoms with Crippen LogP contribution >= 0.6 is 11.6 Å². The number of para-hydroxylation sites is 1. The second-order valence-corrected chi connectivity index (χ2v) is 4.81. The molecule has 19 heavy (non-hydrogen) atoms. The fourth-order valence-corrected chi connectivity index (χ4v) is 2.51. The Hall–Kier alpha value is -1.87. The van der Waals surface area contributed by atoms with E-state index < -0.39 is 0 Å². The van der Waals surface area contributed by atoms with Crippen LogP contribution in [-0.2, 0) is 6.42 Å². The summed E-state index contributed by atoms with van der Waals surface area (Å²) in [4.78, 5) is 8.34. The predicted octanol–water partition coefficient (Wildman–Crippen LogP) is 4.41. The van der Waals surface area contributed by atoms with E-state index in [0.717, 1.165) is 40.0 Å². The first kappa shape index (κ1) is 12.2. The van der Waals surface area contributed by atoms with Gasteiger partial charge in [-0.2, -0.15) is 0 Å². The zero-order chi connectivity index (χ0) is 13.4. The van der Waals surface area contributed by atoms with Crippen molar-refractivity contribution in [2.75, 3.05) is 0 Å². The molecule has 0 radical (unpaired) electrons. The summed E-state index contributed by atoms with van der Waals surface area (Å²) >= 11 is 6.12. The molecule has 0 amide bonds. The predicted molar refractivity (Wildman–Crippen MR) is 76.4 cm³/mol. The molecular weight excluding hydrogens is 260 g/mol. The van der Waals surface area contributed by atoms with Gasteiger partial charge in [0.25, 0.3) is 0 Å². The lowest BCUT2D eigenvalue weighted by Gasteiger charge is -2.04. The number of aromatic nitrogens is 2. The lowest BCUT2D eigenvalue weighted by atomic mass is 10.1. The van der Waals surface area contributed by atoms with E-state index in [2.05, 4.69) is 9.97 Å². The van der Waals surface area contributed by atoms with Crippen LogP contribution in [0.2, 0.25) is 5.15 Å². The van der Waals surface area contributed by atoms with Crippen LogP contribution in [0.5, 0.6) is 0 Å². The Morgan fingerprint density at radius 3 is 2.84 bits per heavy atom. The Morgan fingerprint density at radius 1 is 1.26 bits per heavy atom. The first-order chi connectivity index (χ1) is 9.20. The topological polar surface area (TPSA) is 38.9 Å². The van der Waals surface area contributed by atoms with Crippen molar-refractivity contribution in [3.8, 4) is 11.5 Å². The SMILES string of the molecule is CCc1c(Cl)ncnc1-c1cc2cccc(C)c2o1. The first-order valence-corrected chi connectivity index (χ1v) is 6.57. The molecule has 0 N–H and O–H groups in total. The molecule has 2 aromatic heterocycles. The van der Waals surface area contributed by atoms with Crippen LogP contribution in [0.1, 0.15) is 18.1 Å². The minimum atomic E-state index is 0.490. The quantitative estimate of drug-likeness (QED) is 0.649. The van der Waals surface area contributed by atoms with E-state index in [4.69, 9.17) is 16.0 Å². The Kier molecular flexibility index (Phi) is 2.99. The summed E-state index contributed by atoms with van der Waals surface area (Å²) in [6, 6.07) is 8.08. The number of halogens is 1. The normalized spacial score (nSPS) is 11.1. The van der Waals surface area contributed by atoms with E-state index in [9.17, 15) is 0 Å². The van der Waals surface area contributed by atoms with Gasteiger partial charge in [-0.3, -0.25) is 0 Å². The van der Waals surface area contributed by atoms with E-state index in [1.54, 1.807) is 0 Å². The molecule has 0 unspecified atom stereocenters. The van der Waals surface area contributed by atoms with Crippen molar-refractivity contribution < 1.29 is 4.42 Å². The third-order valence-electron chi connectivity index (χ3n) is 3.22. The second kappa shape index (κ2) is 4.67. The first-order valence-electron chi connectivity index (χ1n) is 6.19. The van der Waals surface area contributed by atoms with Crippen LogP contribution in [-0.4, -0.2) is 9.97 Å². The number of aryl methyl sites for hydroxylation is 1. The largest absolute Gasteiger partial charge is 0.454 e. The summed E-state index contributed by atoms with van der Waals surface area (Å²) in [6.45, 7) is 4.06. The van der Waals surface area contributed by atoms with Crippen LogP contribution < -0.4 is 0 Å². The van der Waals surface area contributed by atoms with Gasteiger partial charge < -0.3 is 4.42 Å². The highest BCUT2D eigenvalue weighted by Crippen LogP contribution is 2.32. The lowest BCUT2D eigenvalue weighted by Crippen LogP contribution is -1.94. The van der Waals surface area contributed by atoms with E-state index in [1.165, 1.54) is 6.33 Å². The van der Waals surface area contributed by atoms with Gasteiger partial charge >= 0.3 is 0 Å². The number of nitrogens with zero attached hydrogens (tertiary/aromatic N) is 2. The summed E-state index contributed by atoms with van der Waals surface area (Å²) in [6.07, 6.45) is 2.24. The number of hydrogen-bond donors (Lipinski definition) is 0. The lowest BCUT2D eigenvalue weighted by molar-refractivity contribution is 0.624. The van der Waals surface area contributed by atoms with Gasteiger partial charge in [0.15, 0.2) is 5.76 Å². The van der Waals surface area contributed by atoms with Gasteiger partial charge in [0.05, 0.1) is 0 Å². The number of rotatable bonds is 2. The van der Waals surface area contributed by atoms with Crippen LogP contribution in [0.4, 0.5) is 0 Å². The van der Waals surface area contributed by atoms with Crippen LogP contribution in [0.25, 0.3) is 22.4 Å². The number of fused-ring (bicyclic) bond motifs is 1. The van der Waals surface area contributed by atoms with E-state index >= 15 is 0 Å².